The Morgan fingerprint density at radius 2 is 1.55 bits per heavy atom. The van der Waals surface area contributed by atoms with Crippen LogP contribution in [0.15, 0.2) is 112 Å². The number of ether oxygens (including phenoxy) is 1. The molecule has 10 heteroatoms. The van der Waals surface area contributed by atoms with E-state index in [1.165, 1.54) is 17.0 Å². The highest BCUT2D eigenvalue weighted by molar-refractivity contribution is 9.10. The number of hydrogen-bond donors (Lipinski definition) is 1. The van der Waals surface area contributed by atoms with Crippen molar-refractivity contribution >= 4 is 43.5 Å². The molecule has 1 N–H and O–H groups in total. The molecular weight excluding hydrogens is 678 g/mol. The first kappa shape index (κ1) is 35.7. The monoisotopic (exact) mass is 719 g/mol. The summed E-state index contributed by atoms with van der Waals surface area (Å²) in [6.45, 7) is 6.31. The fourth-order valence-corrected chi connectivity index (χ4v) is 6.99. The van der Waals surface area contributed by atoms with E-state index >= 15 is 0 Å². The zero-order chi connectivity index (χ0) is 33.8. The number of nitrogens with zero attached hydrogens (tertiary/aromatic N) is 2. The predicted molar refractivity (Wildman–Crippen MR) is 190 cm³/mol. The highest BCUT2D eigenvalue weighted by Crippen LogP contribution is 2.27. The van der Waals surface area contributed by atoms with Gasteiger partial charge in [-0.3, -0.25) is 13.9 Å². The number of aryl methyl sites for hydroxylation is 1. The van der Waals surface area contributed by atoms with Crippen LogP contribution in [0.4, 0.5) is 5.69 Å². The number of unbranched alkanes of at least 4 members (excludes halogenated alkanes) is 1. The van der Waals surface area contributed by atoms with Crippen LogP contribution in [0.2, 0.25) is 0 Å². The maximum absolute atomic E-state index is 14.6. The Bertz CT molecular complexity index is 1720. The van der Waals surface area contributed by atoms with Crippen LogP contribution in [0.3, 0.4) is 0 Å². The summed E-state index contributed by atoms with van der Waals surface area (Å²) in [5.74, 6) is -0.254. The first-order chi connectivity index (χ1) is 22.6. The Balaban J connectivity index is 1.78. The number of amides is 2. The fourth-order valence-electron chi connectivity index (χ4n) is 5.13. The number of halogens is 1. The number of carbonyl (C=O) groups excluding carboxylic acids is 2. The Kier molecular flexibility index (Phi) is 13.0. The summed E-state index contributed by atoms with van der Waals surface area (Å²) in [4.78, 5) is 30.0. The van der Waals surface area contributed by atoms with Crippen LogP contribution in [0.1, 0.15) is 43.4 Å². The van der Waals surface area contributed by atoms with E-state index in [9.17, 15) is 18.0 Å². The molecule has 0 heterocycles. The van der Waals surface area contributed by atoms with E-state index < -0.39 is 28.5 Å². The van der Waals surface area contributed by atoms with E-state index in [2.05, 4.69) is 21.2 Å². The molecule has 248 valence electrons. The highest BCUT2D eigenvalue weighted by atomic mass is 79.9. The predicted octanol–water partition coefficient (Wildman–Crippen LogP) is 6.91. The molecule has 0 saturated carbocycles. The third kappa shape index (κ3) is 9.92. The van der Waals surface area contributed by atoms with Crippen LogP contribution in [-0.2, 0) is 32.6 Å². The molecule has 0 spiro atoms. The molecule has 47 heavy (non-hydrogen) atoms. The molecule has 0 aromatic heterocycles. The van der Waals surface area contributed by atoms with Crippen molar-refractivity contribution in [2.24, 2.45) is 0 Å². The maximum Gasteiger partial charge on any atom is 0.264 e. The van der Waals surface area contributed by atoms with Crippen molar-refractivity contribution in [3.8, 4) is 5.75 Å². The summed E-state index contributed by atoms with van der Waals surface area (Å²) in [5.41, 5.74) is 2.96. The smallest absolute Gasteiger partial charge is 0.264 e. The molecule has 4 aromatic carbocycles. The second kappa shape index (κ2) is 17.1. The molecule has 8 nitrogen and oxygen atoms in total. The van der Waals surface area contributed by atoms with E-state index in [1.54, 1.807) is 36.4 Å². The number of sulfonamides is 1. The standard InChI is InChI=1S/C37H42BrN3O5S/c1-4-6-23-39-37(43)35(25-29-11-8-7-9-12-29)40(26-30-13-10-14-31(38)24-30)36(42)27-41(32-17-15-28(3)16-18-32)47(44,45)34-21-19-33(20-22-34)46-5-2/h7-22,24,35H,4-6,23,25-27H2,1-3H3,(H,39,43)/t35-/m0/s1. The average molecular weight is 721 g/mol. The van der Waals surface area contributed by atoms with Gasteiger partial charge in [-0.15, -0.1) is 0 Å². The SMILES string of the molecule is CCCCNC(=O)[C@H](Cc1ccccc1)N(Cc1cccc(Br)c1)C(=O)CN(c1ccc(C)cc1)S(=O)(=O)c1ccc(OCC)cc1. The van der Waals surface area contributed by atoms with Crippen LogP contribution < -0.4 is 14.4 Å². The summed E-state index contributed by atoms with van der Waals surface area (Å²) in [6, 6.07) is 29.3. The molecule has 0 aliphatic carbocycles. The first-order valence-corrected chi connectivity index (χ1v) is 18.0. The van der Waals surface area contributed by atoms with Crippen LogP contribution in [0.5, 0.6) is 5.75 Å². The number of nitrogens with one attached hydrogen (secondary N) is 1. The van der Waals surface area contributed by atoms with Gasteiger partial charge in [0.05, 0.1) is 17.2 Å². The van der Waals surface area contributed by atoms with E-state index in [0.29, 0.717) is 24.6 Å². The molecule has 0 aliphatic rings. The van der Waals surface area contributed by atoms with Crippen molar-refractivity contribution in [2.45, 2.75) is 57.5 Å². The largest absolute Gasteiger partial charge is 0.494 e. The quantitative estimate of drug-likeness (QED) is 0.127. The van der Waals surface area contributed by atoms with Gasteiger partial charge in [0.25, 0.3) is 10.0 Å². The van der Waals surface area contributed by atoms with Crippen LogP contribution in [0.25, 0.3) is 0 Å². The number of benzene rings is 4. The Hall–Kier alpha value is -4.15. The zero-order valence-electron chi connectivity index (χ0n) is 27.1. The molecule has 2 amide bonds. The number of carbonyl (C=O) groups is 2. The van der Waals surface area contributed by atoms with Gasteiger partial charge in [0.15, 0.2) is 0 Å². The van der Waals surface area contributed by atoms with E-state index in [0.717, 1.165) is 38.3 Å². The van der Waals surface area contributed by atoms with Gasteiger partial charge in [-0.25, -0.2) is 8.42 Å². The molecule has 0 bridgehead atoms. The average Bonchev–Trinajstić information content (AvgIpc) is 3.06. The van der Waals surface area contributed by atoms with Crippen molar-refractivity contribution in [1.29, 1.82) is 0 Å². The number of anilines is 1. The molecule has 0 fully saturated rings. The van der Waals surface area contributed by atoms with Gasteiger partial charge in [-0.2, -0.15) is 0 Å². The van der Waals surface area contributed by atoms with Crippen LogP contribution >= 0.6 is 15.9 Å². The summed E-state index contributed by atoms with van der Waals surface area (Å²) < 4.78 is 36.0. The van der Waals surface area contributed by atoms with E-state index in [-0.39, 0.29) is 23.8 Å². The minimum Gasteiger partial charge on any atom is -0.494 e. The van der Waals surface area contributed by atoms with Crippen molar-refractivity contribution in [2.75, 3.05) is 24.0 Å². The molecule has 0 unspecified atom stereocenters. The van der Waals surface area contributed by atoms with Gasteiger partial charge in [-0.1, -0.05) is 89.4 Å². The molecule has 1 atom stereocenters. The van der Waals surface area contributed by atoms with Crippen molar-refractivity contribution < 1.29 is 22.7 Å². The summed E-state index contributed by atoms with van der Waals surface area (Å²) in [5, 5.41) is 3.01. The first-order valence-electron chi connectivity index (χ1n) is 15.8. The van der Waals surface area contributed by atoms with Gasteiger partial charge < -0.3 is 15.0 Å². The Labute approximate surface area is 286 Å². The molecule has 0 radical (unpaired) electrons. The summed E-state index contributed by atoms with van der Waals surface area (Å²) in [6.07, 6.45) is 1.96. The van der Waals surface area contributed by atoms with Gasteiger partial charge in [0.2, 0.25) is 11.8 Å². The molecule has 4 aromatic rings. The normalized spacial score (nSPS) is 11.8. The molecule has 0 saturated heterocycles. The third-order valence-electron chi connectivity index (χ3n) is 7.67. The third-order valence-corrected chi connectivity index (χ3v) is 9.95. The highest BCUT2D eigenvalue weighted by Gasteiger charge is 2.34. The van der Waals surface area contributed by atoms with Gasteiger partial charge in [0.1, 0.15) is 18.3 Å². The van der Waals surface area contributed by atoms with Gasteiger partial charge in [0, 0.05) is 24.0 Å². The van der Waals surface area contributed by atoms with Gasteiger partial charge >= 0.3 is 0 Å². The lowest BCUT2D eigenvalue weighted by Crippen LogP contribution is -2.53. The molecular formula is C37H42BrN3O5S. The van der Waals surface area contributed by atoms with Crippen LogP contribution in [-0.4, -0.2) is 50.9 Å². The lowest BCUT2D eigenvalue weighted by molar-refractivity contribution is -0.140. The molecule has 4 rings (SSSR count). The zero-order valence-corrected chi connectivity index (χ0v) is 29.5. The van der Waals surface area contributed by atoms with E-state index in [1.807, 2.05) is 75.4 Å². The lowest BCUT2D eigenvalue weighted by Gasteiger charge is -2.34. The minimum atomic E-state index is -4.21. The second-order valence-electron chi connectivity index (χ2n) is 11.3. The molecule has 0 aliphatic heterocycles. The Morgan fingerprint density at radius 3 is 2.19 bits per heavy atom. The minimum absolute atomic E-state index is 0.0195. The fraction of sp³-hybridized carbons (Fsp3) is 0.297. The van der Waals surface area contributed by atoms with Crippen molar-refractivity contribution in [3.63, 3.8) is 0 Å². The van der Waals surface area contributed by atoms with Crippen LogP contribution in [0, 0.1) is 6.92 Å². The van der Waals surface area contributed by atoms with Crippen molar-refractivity contribution in [1.82, 2.24) is 10.2 Å². The Morgan fingerprint density at radius 1 is 0.872 bits per heavy atom. The van der Waals surface area contributed by atoms with E-state index in [4.69, 9.17) is 4.74 Å². The second-order valence-corrected chi connectivity index (χ2v) is 14.0. The van der Waals surface area contributed by atoms with Crippen molar-refractivity contribution in [3.05, 3.63) is 124 Å². The topological polar surface area (TPSA) is 96.0 Å². The number of hydrogen-bond acceptors (Lipinski definition) is 5. The lowest BCUT2D eigenvalue weighted by atomic mass is 10.0. The number of rotatable bonds is 16. The summed E-state index contributed by atoms with van der Waals surface area (Å²) in [7, 11) is -4.21. The maximum atomic E-state index is 14.6. The summed E-state index contributed by atoms with van der Waals surface area (Å²) >= 11 is 3.52. The van der Waals surface area contributed by atoms with Gasteiger partial charge in [-0.05, 0) is 79.9 Å².